The lowest BCUT2D eigenvalue weighted by atomic mass is 10.3. The summed E-state index contributed by atoms with van der Waals surface area (Å²) in [7, 11) is 2.04. The van der Waals surface area contributed by atoms with E-state index in [1.54, 1.807) is 0 Å². The number of hydrogen-bond donors (Lipinski definition) is 1. The third-order valence-electron chi connectivity index (χ3n) is 3.38. The number of halogens is 1. The maximum atomic E-state index is 5.82. The fraction of sp³-hybridized carbons (Fsp3) is 0.571. The minimum atomic E-state index is 0.669. The molecule has 0 radical (unpaired) electrons. The Hall–Kier alpha value is -0.770. The van der Waals surface area contributed by atoms with Crippen molar-refractivity contribution in [3.63, 3.8) is 0 Å². The van der Waals surface area contributed by atoms with Gasteiger partial charge in [-0.3, -0.25) is 0 Å². The Morgan fingerprint density at radius 1 is 1.39 bits per heavy atom. The highest BCUT2D eigenvalue weighted by Crippen LogP contribution is 2.15. The topological polar surface area (TPSA) is 24.5 Å². The number of rotatable bonds is 6. The molecule has 0 aliphatic carbocycles. The van der Waals surface area contributed by atoms with Gasteiger partial charge in [-0.15, -0.1) is 0 Å². The molecule has 4 heteroatoms. The molecule has 1 aromatic rings. The lowest BCUT2D eigenvalue weighted by Crippen LogP contribution is -2.30. The second kappa shape index (κ2) is 6.98. The van der Waals surface area contributed by atoms with Gasteiger partial charge in [-0.1, -0.05) is 11.6 Å². The van der Waals surface area contributed by atoms with E-state index >= 15 is 0 Å². The van der Waals surface area contributed by atoms with Gasteiger partial charge in [0.25, 0.3) is 0 Å². The normalized spacial score (nSPS) is 20.2. The van der Waals surface area contributed by atoms with Crippen LogP contribution in [0.1, 0.15) is 12.8 Å². The zero-order chi connectivity index (χ0) is 12.8. The molecular formula is C14H21ClN2O. The standard InChI is InChI=1S/C14H21ClN2O/c1-16-13-7-9-17(11-13)8-2-10-18-14-5-3-12(15)4-6-14/h3-6,13,16H,2,7-11H2,1H3. The number of likely N-dealkylation sites (N-methyl/N-ethyl adjacent to an activating group) is 1. The zero-order valence-corrected chi connectivity index (χ0v) is 11.6. The predicted octanol–water partition coefficient (Wildman–Crippen LogP) is 2.40. The van der Waals surface area contributed by atoms with Crippen LogP contribution in [0.15, 0.2) is 24.3 Å². The van der Waals surface area contributed by atoms with Gasteiger partial charge in [0.05, 0.1) is 6.61 Å². The van der Waals surface area contributed by atoms with E-state index in [1.807, 2.05) is 31.3 Å². The summed E-state index contributed by atoms with van der Waals surface area (Å²) in [5, 5.41) is 4.08. The van der Waals surface area contributed by atoms with Gasteiger partial charge in [0.15, 0.2) is 0 Å². The summed E-state index contributed by atoms with van der Waals surface area (Å²) in [6, 6.07) is 8.20. The second-order valence-electron chi connectivity index (χ2n) is 4.73. The first-order chi connectivity index (χ1) is 8.78. The number of nitrogens with one attached hydrogen (secondary N) is 1. The highest BCUT2D eigenvalue weighted by molar-refractivity contribution is 6.30. The molecule has 0 amide bonds. The molecule has 0 aromatic heterocycles. The summed E-state index contributed by atoms with van der Waals surface area (Å²) in [5.74, 6) is 0.897. The summed E-state index contributed by atoms with van der Waals surface area (Å²) in [6.45, 7) is 4.25. The molecule has 0 saturated carbocycles. The summed E-state index contributed by atoms with van der Waals surface area (Å²) >= 11 is 5.82. The third kappa shape index (κ3) is 4.16. The number of ether oxygens (including phenoxy) is 1. The van der Waals surface area contributed by atoms with E-state index in [4.69, 9.17) is 16.3 Å². The fourth-order valence-corrected chi connectivity index (χ4v) is 2.41. The van der Waals surface area contributed by atoms with Crippen molar-refractivity contribution >= 4 is 11.6 Å². The number of likely N-dealkylation sites (tertiary alicyclic amines) is 1. The molecule has 1 aliphatic heterocycles. The molecule has 3 nitrogen and oxygen atoms in total. The van der Waals surface area contributed by atoms with Crippen molar-refractivity contribution < 1.29 is 4.74 Å². The molecule has 1 aromatic carbocycles. The van der Waals surface area contributed by atoms with Crippen LogP contribution in [0.2, 0.25) is 5.02 Å². The van der Waals surface area contributed by atoms with E-state index in [0.29, 0.717) is 6.04 Å². The van der Waals surface area contributed by atoms with Crippen molar-refractivity contribution in [2.45, 2.75) is 18.9 Å². The van der Waals surface area contributed by atoms with Crippen LogP contribution in [0.4, 0.5) is 0 Å². The molecule has 1 N–H and O–H groups in total. The Kier molecular flexibility index (Phi) is 5.29. The van der Waals surface area contributed by atoms with Gasteiger partial charge in [-0.25, -0.2) is 0 Å². The monoisotopic (exact) mass is 268 g/mol. The van der Waals surface area contributed by atoms with Gasteiger partial charge in [-0.05, 0) is 50.7 Å². The summed E-state index contributed by atoms with van der Waals surface area (Å²) in [5.41, 5.74) is 0. The molecule has 100 valence electrons. The summed E-state index contributed by atoms with van der Waals surface area (Å²) < 4.78 is 5.67. The Bertz CT molecular complexity index is 355. The molecule has 1 atom stereocenters. The molecule has 2 rings (SSSR count). The molecule has 1 saturated heterocycles. The Morgan fingerprint density at radius 3 is 2.83 bits per heavy atom. The third-order valence-corrected chi connectivity index (χ3v) is 3.63. The van der Waals surface area contributed by atoms with Gasteiger partial charge in [-0.2, -0.15) is 0 Å². The minimum Gasteiger partial charge on any atom is -0.494 e. The Morgan fingerprint density at radius 2 is 2.17 bits per heavy atom. The molecule has 0 spiro atoms. The van der Waals surface area contributed by atoms with E-state index in [2.05, 4.69) is 10.2 Å². The van der Waals surface area contributed by atoms with Crippen molar-refractivity contribution in [2.24, 2.45) is 0 Å². The van der Waals surface area contributed by atoms with Crippen LogP contribution in [-0.2, 0) is 0 Å². The van der Waals surface area contributed by atoms with Crippen LogP contribution in [0.5, 0.6) is 5.75 Å². The van der Waals surface area contributed by atoms with Crippen LogP contribution >= 0.6 is 11.6 Å². The molecular weight excluding hydrogens is 248 g/mol. The highest BCUT2D eigenvalue weighted by atomic mass is 35.5. The fourth-order valence-electron chi connectivity index (χ4n) is 2.28. The smallest absolute Gasteiger partial charge is 0.119 e. The van der Waals surface area contributed by atoms with Gasteiger partial charge < -0.3 is 15.0 Å². The van der Waals surface area contributed by atoms with Gasteiger partial charge >= 0.3 is 0 Å². The van der Waals surface area contributed by atoms with Crippen LogP contribution in [0, 0.1) is 0 Å². The largest absolute Gasteiger partial charge is 0.494 e. The maximum absolute atomic E-state index is 5.82. The Labute approximate surface area is 114 Å². The Balaban J connectivity index is 1.60. The first kappa shape index (κ1) is 13.7. The minimum absolute atomic E-state index is 0.669. The van der Waals surface area contributed by atoms with Crippen LogP contribution in [-0.4, -0.2) is 44.2 Å². The number of nitrogens with zero attached hydrogens (tertiary/aromatic N) is 1. The van der Waals surface area contributed by atoms with Crippen molar-refractivity contribution in [3.05, 3.63) is 29.3 Å². The van der Waals surface area contributed by atoms with Gasteiger partial charge in [0, 0.05) is 24.2 Å². The van der Waals surface area contributed by atoms with E-state index in [1.165, 1.54) is 13.0 Å². The van der Waals surface area contributed by atoms with Crippen molar-refractivity contribution in [1.82, 2.24) is 10.2 Å². The van der Waals surface area contributed by atoms with Gasteiger partial charge in [0.2, 0.25) is 0 Å². The summed E-state index contributed by atoms with van der Waals surface area (Å²) in [4.78, 5) is 2.49. The number of benzene rings is 1. The average Bonchev–Trinajstić information content (AvgIpc) is 2.85. The zero-order valence-electron chi connectivity index (χ0n) is 10.9. The lowest BCUT2D eigenvalue weighted by Gasteiger charge is -2.15. The molecule has 1 heterocycles. The van der Waals surface area contributed by atoms with Crippen molar-refractivity contribution in [3.8, 4) is 5.75 Å². The SMILES string of the molecule is CNC1CCN(CCCOc2ccc(Cl)cc2)C1. The molecule has 0 bridgehead atoms. The van der Waals surface area contributed by atoms with Crippen LogP contribution < -0.4 is 10.1 Å². The highest BCUT2D eigenvalue weighted by Gasteiger charge is 2.19. The van der Waals surface area contributed by atoms with Crippen LogP contribution in [0.3, 0.4) is 0 Å². The van der Waals surface area contributed by atoms with E-state index < -0.39 is 0 Å². The van der Waals surface area contributed by atoms with E-state index in [0.717, 1.165) is 36.9 Å². The second-order valence-corrected chi connectivity index (χ2v) is 5.17. The average molecular weight is 269 g/mol. The van der Waals surface area contributed by atoms with Crippen LogP contribution in [0.25, 0.3) is 0 Å². The molecule has 1 fully saturated rings. The molecule has 1 unspecified atom stereocenters. The van der Waals surface area contributed by atoms with Gasteiger partial charge in [0.1, 0.15) is 5.75 Å². The lowest BCUT2D eigenvalue weighted by molar-refractivity contribution is 0.260. The molecule has 18 heavy (non-hydrogen) atoms. The maximum Gasteiger partial charge on any atom is 0.119 e. The summed E-state index contributed by atoms with van der Waals surface area (Å²) in [6.07, 6.45) is 2.33. The number of hydrogen-bond acceptors (Lipinski definition) is 3. The first-order valence-corrected chi connectivity index (χ1v) is 6.93. The predicted molar refractivity (Wildman–Crippen MR) is 75.5 cm³/mol. The first-order valence-electron chi connectivity index (χ1n) is 6.56. The van der Waals surface area contributed by atoms with E-state index in [-0.39, 0.29) is 0 Å². The van der Waals surface area contributed by atoms with Crippen molar-refractivity contribution in [1.29, 1.82) is 0 Å². The molecule has 1 aliphatic rings. The quantitative estimate of drug-likeness (QED) is 0.802. The van der Waals surface area contributed by atoms with Crippen molar-refractivity contribution in [2.75, 3.05) is 33.3 Å². The van der Waals surface area contributed by atoms with E-state index in [9.17, 15) is 0 Å².